The van der Waals surface area contributed by atoms with Crippen molar-refractivity contribution in [1.29, 1.82) is 0 Å². The molecule has 0 radical (unpaired) electrons. The van der Waals surface area contributed by atoms with Crippen molar-refractivity contribution >= 4 is 47.3 Å². The van der Waals surface area contributed by atoms with Crippen molar-refractivity contribution in [3.8, 4) is 0 Å². The molecule has 1 aliphatic heterocycles. The number of nitrogen functional groups attached to an aromatic ring is 1. The Kier molecular flexibility index (Phi) is 10.8. The summed E-state index contributed by atoms with van der Waals surface area (Å²) < 4.78 is 12.4. The number of benzene rings is 1. The summed E-state index contributed by atoms with van der Waals surface area (Å²) in [6, 6.07) is 7.89. The molecule has 16 heteroatoms. The maximum absolute atomic E-state index is 12.0. The maximum Gasteiger partial charge on any atom is 0.408 e. The van der Waals surface area contributed by atoms with Crippen LogP contribution in [0.4, 0.5) is 10.6 Å². The smallest absolute Gasteiger partial charge is 0.408 e. The molecule has 3 aromatic rings. The molecule has 0 unspecified atom stereocenters. The second kappa shape index (κ2) is 14.2. The van der Waals surface area contributed by atoms with Crippen LogP contribution in [0.3, 0.4) is 0 Å². The highest BCUT2D eigenvalue weighted by atomic mass is 32.2. The summed E-state index contributed by atoms with van der Waals surface area (Å²) in [5.74, 6) is -0.373. The van der Waals surface area contributed by atoms with Crippen molar-refractivity contribution in [2.24, 2.45) is 0 Å². The second-order valence-electron chi connectivity index (χ2n) is 8.20. The first-order valence-electron chi connectivity index (χ1n) is 11.6. The van der Waals surface area contributed by atoms with Crippen LogP contribution in [-0.4, -0.2) is 94.3 Å². The number of carbonyl (C=O) groups excluding carboxylic acids is 1. The molecule has 0 spiro atoms. The first-order valence-corrected chi connectivity index (χ1v) is 12.7. The molecule has 39 heavy (non-hydrogen) atoms. The highest BCUT2D eigenvalue weighted by molar-refractivity contribution is 7.99. The van der Waals surface area contributed by atoms with Crippen molar-refractivity contribution in [3.05, 3.63) is 48.5 Å². The largest absolute Gasteiger partial charge is 0.483 e. The van der Waals surface area contributed by atoms with Crippen molar-refractivity contribution < 1.29 is 44.3 Å². The number of nitrogens with one attached hydrogen (secondary N) is 1. The minimum absolute atomic E-state index is 0.0268. The molecular weight excluding hydrogens is 536 g/mol. The number of carbonyl (C=O) groups is 3. The van der Waals surface area contributed by atoms with E-state index in [1.54, 1.807) is 12.1 Å². The third kappa shape index (κ3) is 7.76. The second-order valence-corrected chi connectivity index (χ2v) is 9.34. The maximum atomic E-state index is 12.0. The Morgan fingerprint density at radius 2 is 1.92 bits per heavy atom. The van der Waals surface area contributed by atoms with Crippen LogP contribution in [0.1, 0.15) is 18.2 Å². The van der Waals surface area contributed by atoms with Gasteiger partial charge < -0.3 is 41.0 Å². The topological polar surface area (TPSA) is 232 Å². The number of aliphatic hydroxyl groups excluding tert-OH is 2. The average Bonchev–Trinajstić information content (AvgIpc) is 3.47. The van der Waals surface area contributed by atoms with Crippen LogP contribution in [0.15, 0.2) is 43.0 Å². The SMILES string of the molecule is Nc1ncnc2c1ncn2[C@@H]1O[C@H](CSCC[C@H](NC(=O)OCc2ccccc2)C(=O)O)[C@@H](O)[C@H]1O.O=CO. The standard InChI is InChI=1S/C22H26N6O7S.CH2O2/c23-18-15-19(25-10-24-18)28(11-26-15)20-17(30)16(29)14(35-20)9-36-7-6-13(21(31)32)27-22(33)34-8-12-4-2-1-3-5-12;2-1-3/h1-5,10-11,13-14,16-17,20,29-30H,6-9H2,(H,27,33)(H,31,32)(H2,23,24,25);1H,(H,2,3)/t13-,14+,16+,17+,20+;/m0./s1. The lowest BCUT2D eigenvalue weighted by Crippen LogP contribution is -2.41. The fourth-order valence-electron chi connectivity index (χ4n) is 3.72. The summed E-state index contributed by atoms with van der Waals surface area (Å²) in [6.45, 7) is -0.223. The van der Waals surface area contributed by atoms with E-state index in [1.165, 1.54) is 29.0 Å². The summed E-state index contributed by atoms with van der Waals surface area (Å²) in [5.41, 5.74) is 7.30. The number of carboxylic acids is 1. The first-order chi connectivity index (χ1) is 18.8. The zero-order chi connectivity index (χ0) is 28.4. The molecule has 1 saturated heterocycles. The van der Waals surface area contributed by atoms with Crippen LogP contribution >= 0.6 is 11.8 Å². The van der Waals surface area contributed by atoms with Crippen molar-refractivity contribution in [3.63, 3.8) is 0 Å². The Bertz CT molecular complexity index is 1250. The predicted octanol–water partition coefficient (Wildman–Crippen LogP) is 0.231. The van der Waals surface area contributed by atoms with E-state index >= 15 is 0 Å². The molecule has 1 fully saturated rings. The van der Waals surface area contributed by atoms with Crippen molar-refractivity contribution in [1.82, 2.24) is 24.8 Å². The number of rotatable bonds is 10. The number of fused-ring (bicyclic) bond motifs is 1. The number of aliphatic hydroxyl groups is 2. The molecular formula is C23H28N6O9S. The van der Waals surface area contributed by atoms with E-state index in [2.05, 4.69) is 20.3 Å². The van der Waals surface area contributed by atoms with Gasteiger partial charge in [-0.3, -0.25) is 9.36 Å². The van der Waals surface area contributed by atoms with Gasteiger partial charge >= 0.3 is 12.1 Å². The van der Waals surface area contributed by atoms with Gasteiger partial charge in [-0.2, -0.15) is 11.8 Å². The van der Waals surface area contributed by atoms with E-state index in [0.29, 0.717) is 16.9 Å². The number of hydrogen-bond acceptors (Lipinski definition) is 12. The number of hydrogen-bond donors (Lipinski definition) is 6. The molecule has 7 N–H and O–H groups in total. The molecule has 15 nitrogen and oxygen atoms in total. The lowest BCUT2D eigenvalue weighted by Gasteiger charge is -2.17. The van der Waals surface area contributed by atoms with E-state index in [-0.39, 0.29) is 31.1 Å². The molecule has 210 valence electrons. The lowest BCUT2D eigenvalue weighted by atomic mass is 10.1. The Hall–Kier alpha value is -3.99. The van der Waals surface area contributed by atoms with Gasteiger partial charge in [0.05, 0.1) is 12.4 Å². The summed E-state index contributed by atoms with van der Waals surface area (Å²) in [4.78, 5) is 44.1. The molecule has 0 aliphatic carbocycles. The van der Waals surface area contributed by atoms with Gasteiger partial charge in [0, 0.05) is 5.75 Å². The fraction of sp³-hybridized carbons (Fsp3) is 0.391. The lowest BCUT2D eigenvalue weighted by molar-refractivity contribution is -0.139. The summed E-state index contributed by atoms with van der Waals surface area (Å²) in [5, 5.41) is 39.7. The number of ether oxygens (including phenoxy) is 2. The van der Waals surface area contributed by atoms with Gasteiger partial charge in [-0.15, -0.1) is 0 Å². The minimum Gasteiger partial charge on any atom is -0.483 e. The van der Waals surface area contributed by atoms with Gasteiger partial charge in [0.25, 0.3) is 6.47 Å². The highest BCUT2D eigenvalue weighted by Gasteiger charge is 2.44. The molecule has 1 aromatic carbocycles. The quantitative estimate of drug-likeness (QED) is 0.143. The normalized spacial score (nSPS) is 21.0. The van der Waals surface area contributed by atoms with E-state index in [1.807, 2.05) is 18.2 Å². The van der Waals surface area contributed by atoms with Crippen LogP contribution in [-0.2, 0) is 25.7 Å². The Balaban J connectivity index is 0.00000134. The van der Waals surface area contributed by atoms with Crippen LogP contribution in [0, 0.1) is 0 Å². The number of thioether (sulfide) groups is 1. The van der Waals surface area contributed by atoms with E-state index in [0.717, 1.165) is 5.56 Å². The number of imidazole rings is 1. The van der Waals surface area contributed by atoms with E-state index in [9.17, 15) is 24.9 Å². The van der Waals surface area contributed by atoms with E-state index in [4.69, 9.17) is 25.1 Å². The Morgan fingerprint density at radius 3 is 2.62 bits per heavy atom. The fourth-order valence-corrected chi connectivity index (χ4v) is 4.80. The van der Waals surface area contributed by atoms with Gasteiger partial charge in [-0.1, -0.05) is 30.3 Å². The van der Waals surface area contributed by atoms with Gasteiger partial charge in [0.1, 0.15) is 36.7 Å². The summed E-state index contributed by atoms with van der Waals surface area (Å²) >= 11 is 1.32. The van der Waals surface area contributed by atoms with Gasteiger partial charge in [0.15, 0.2) is 17.7 Å². The molecule has 5 atom stereocenters. The van der Waals surface area contributed by atoms with Crippen LogP contribution in [0.5, 0.6) is 0 Å². The Labute approximate surface area is 226 Å². The molecule has 3 heterocycles. The number of aliphatic carboxylic acids is 1. The van der Waals surface area contributed by atoms with Gasteiger partial charge in [-0.05, 0) is 17.7 Å². The van der Waals surface area contributed by atoms with Gasteiger partial charge in [-0.25, -0.2) is 24.5 Å². The molecule has 4 rings (SSSR count). The number of nitrogens with zero attached hydrogens (tertiary/aromatic N) is 4. The number of nitrogens with two attached hydrogens (primary N) is 1. The molecule has 2 aromatic heterocycles. The van der Waals surface area contributed by atoms with Crippen LogP contribution in [0.2, 0.25) is 0 Å². The van der Waals surface area contributed by atoms with E-state index < -0.39 is 42.6 Å². The summed E-state index contributed by atoms with van der Waals surface area (Å²) in [7, 11) is 0. The van der Waals surface area contributed by atoms with Gasteiger partial charge in [0.2, 0.25) is 0 Å². The highest BCUT2D eigenvalue weighted by Crippen LogP contribution is 2.33. The third-order valence-corrected chi connectivity index (χ3v) is 6.72. The van der Waals surface area contributed by atoms with Crippen molar-refractivity contribution in [2.75, 3.05) is 17.2 Å². The number of alkyl carbamates (subject to hydrolysis) is 1. The number of anilines is 1. The predicted molar refractivity (Wildman–Crippen MR) is 137 cm³/mol. The number of amides is 1. The number of aromatic nitrogens is 4. The minimum atomic E-state index is -1.24. The van der Waals surface area contributed by atoms with Crippen LogP contribution < -0.4 is 11.1 Å². The molecule has 0 saturated carbocycles. The van der Waals surface area contributed by atoms with Crippen LogP contribution in [0.25, 0.3) is 11.2 Å². The first kappa shape index (κ1) is 29.6. The molecule has 1 aliphatic rings. The zero-order valence-electron chi connectivity index (χ0n) is 20.4. The average molecular weight is 565 g/mol. The zero-order valence-corrected chi connectivity index (χ0v) is 21.3. The summed E-state index contributed by atoms with van der Waals surface area (Å²) in [6.07, 6.45) is -2.10. The third-order valence-electron chi connectivity index (χ3n) is 5.63. The Morgan fingerprint density at radius 1 is 1.21 bits per heavy atom. The molecule has 1 amide bonds. The number of carboxylic acid groups (broad SMARTS) is 2. The van der Waals surface area contributed by atoms with Crippen molar-refractivity contribution in [2.45, 2.75) is 43.6 Å². The molecule has 0 bridgehead atoms. The monoisotopic (exact) mass is 564 g/mol.